The lowest BCUT2D eigenvalue weighted by atomic mass is 10.1. The maximum atomic E-state index is 12.7. The van der Waals surface area contributed by atoms with E-state index in [9.17, 15) is 8.42 Å². The predicted molar refractivity (Wildman–Crippen MR) is 129 cm³/mol. The van der Waals surface area contributed by atoms with Gasteiger partial charge in [0.25, 0.3) is 10.0 Å². The first-order chi connectivity index (χ1) is 15.3. The van der Waals surface area contributed by atoms with Crippen LogP contribution in [0.4, 0.5) is 23.1 Å². The Balaban J connectivity index is 1.47. The molecule has 4 rings (SSSR count). The molecule has 0 saturated carbocycles. The summed E-state index contributed by atoms with van der Waals surface area (Å²) in [7, 11) is -3.65. The molecule has 0 aliphatic carbocycles. The number of hydrogen-bond donors (Lipinski definition) is 2. The van der Waals surface area contributed by atoms with Crippen LogP contribution in [0.15, 0.2) is 53.4 Å². The molecule has 2 N–H and O–H groups in total. The third-order valence-electron chi connectivity index (χ3n) is 5.70. The molecule has 1 aliphatic rings. The highest BCUT2D eigenvalue weighted by Gasteiger charge is 2.16. The molecular weight excluding hydrogens is 422 g/mol. The number of benzene rings is 2. The Labute approximate surface area is 190 Å². The Kier molecular flexibility index (Phi) is 6.32. The maximum absolute atomic E-state index is 12.7. The highest BCUT2D eigenvalue weighted by Crippen LogP contribution is 2.24. The lowest BCUT2D eigenvalue weighted by molar-refractivity contribution is 0.573. The average molecular weight is 452 g/mol. The van der Waals surface area contributed by atoms with Crippen LogP contribution >= 0.6 is 0 Å². The predicted octanol–water partition coefficient (Wildman–Crippen LogP) is 4.94. The van der Waals surface area contributed by atoms with Gasteiger partial charge in [-0.05, 0) is 87.6 Å². The molecule has 0 radical (unpaired) electrons. The lowest BCUT2D eigenvalue weighted by Gasteiger charge is -2.28. The zero-order valence-electron chi connectivity index (χ0n) is 18.7. The van der Waals surface area contributed by atoms with Gasteiger partial charge in [0.15, 0.2) is 0 Å². The van der Waals surface area contributed by atoms with E-state index in [0.29, 0.717) is 11.6 Å². The molecule has 0 amide bonds. The van der Waals surface area contributed by atoms with Gasteiger partial charge in [0, 0.05) is 36.2 Å². The van der Waals surface area contributed by atoms with Crippen molar-refractivity contribution in [1.29, 1.82) is 0 Å². The third-order valence-corrected chi connectivity index (χ3v) is 7.08. The van der Waals surface area contributed by atoms with Crippen LogP contribution in [0.3, 0.4) is 0 Å². The van der Waals surface area contributed by atoms with Crippen LogP contribution in [0.25, 0.3) is 0 Å². The molecule has 1 saturated heterocycles. The molecule has 0 spiro atoms. The molecule has 0 bridgehead atoms. The van der Waals surface area contributed by atoms with Crippen LogP contribution < -0.4 is 14.9 Å². The van der Waals surface area contributed by atoms with Crippen molar-refractivity contribution in [2.45, 2.75) is 44.9 Å². The molecule has 1 aliphatic heterocycles. The van der Waals surface area contributed by atoms with E-state index in [-0.39, 0.29) is 4.90 Å². The summed E-state index contributed by atoms with van der Waals surface area (Å²) < 4.78 is 28.1. The normalized spacial score (nSPS) is 14.3. The SMILES string of the molecule is Cc1cc(N2CCCCC2)nc(Nc2ccc(NS(=O)(=O)c3ccc(C)c(C)c3)cc2)n1. The van der Waals surface area contributed by atoms with E-state index in [1.807, 2.05) is 45.0 Å². The Morgan fingerprint density at radius 2 is 1.50 bits per heavy atom. The van der Waals surface area contributed by atoms with Crippen LogP contribution in [0.1, 0.15) is 36.1 Å². The number of sulfonamides is 1. The summed E-state index contributed by atoms with van der Waals surface area (Å²) in [5, 5.41) is 3.23. The molecule has 1 fully saturated rings. The van der Waals surface area contributed by atoms with Gasteiger partial charge in [-0.1, -0.05) is 6.07 Å². The van der Waals surface area contributed by atoms with Crippen LogP contribution in [0, 0.1) is 20.8 Å². The zero-order valence-corrected chi connectivity index (χ0v) is 19.5. The molecule has 3 aromatic rings. The Morgan fingerprint density at radius 3 is 2.19 bits per heavy atom. The van der Waals surface area contributed by atoms with Crippen LogP contribution in [0.2, 0.25) is 0 Å². The minimum atomic E-state index is -3.65. The van der Waals surface area contributed by atoms with Crippen molar-refractivity contribution in [1.82, 2.24) is 9.97 Å². The first-order valence-corrected chi connectivity index (χ1v) is 12.4. The lowest BCUT2D eigenvalue weighted by Crippen LogP contribution is -2.30. The van der Waals surface area contributed by atoms with Gasteiger partial charge in [-0.25, -0.2) is 13.4 Å². The van der Waals surface area contributed by atoms with E-state index in [1.165, 1.54) is 19.3 Å². The minimum Gasteiger partial charge on any atom is -0.356 e. The molecule has 1 aromatic heterocycles. The number of rotatable bonds is 6. The number of nitrogens with zero attached hydrogens (tertiary/aromatic N) is 3. The van der Waals surface area contributed by atoms with Gasteiger partial charge in [0.05, 0.1) is 4.90 Å². The van der Waals surface area contributed by atoms with E-state index in [2.05, 4.69) is 24.9 Å². The number of piperidine rings is 1. The van der Waals surface area contributed by atoms with Crippen molar-refractivity contribution in [3.8, 4) is 0 Å². The smallest absolute Gasteiger partial charge is 0.261 e. The summed E-state index contributed by atoms with van der Waals surface area (Å²) in [4.78, 5) is 11.7. The van der Waals surface area contributed by atoms with Gasteiger partial charge < -0.3 is 10.2 Å². The van der Waals surface area contributed by atoms with Gasteiger partial charge in [-0.15, -0.1) is 0 Å². The van der Waals surface area contributed by atoms with E-state index < -0.39 is 10.0 Å². The molecular formula is C24H29N5O2S. The van der Waals surface area contributed by atoms with E-state index in [0.717, 1.165) is 41.4 Å². The standard InChI is InChI=1S/C24H29N5O2S/c1-17-7-12-22(15-18(17)2)32(30,31)28-21-10-8-20(9-11-21)26-24-25-19(3)16-23(27-24)29-13-5-4-6-14-29/h7-12,15-16,28H,4-6,13-14H2,1-3H3,(H,25,26,27). The summed E-state index contributed by atoms with van der Waals surface area (Å²) in [6.45, 7) is 7.86. The van der Waals surface area contributed by atoms with Crippen molar-refractivity contribution in [2.24, 2.45) is 0 Å². The largest absolute Gasteiger partial charge is 0.356 e. The summed E-state index contributed by atoms with van der Waals surface area (Å²) in [5.41, 5.74) is 4.18. The first kappa shape index (κ1) is 22.1. The second-order valence-electron chi connectivity index (χ2n) is 8.29. The Bertz CT molecular complexity index is 1200. The number of anilines is 4. The van der Waals surface area contributed by atoms with Gasteiger partial charge in [0.1, 0.15) is 5.82 Å². The second-order valence-corrected chi connectivity index (χ2v) is 9.98. The Morgan fingerprint density at radius 1 is 0.812 bits per heavy atom. The van der Waals surface area contributed by atoms with Crippen molar-refractivity contribution < 1.29 is 8.42 Å². The quantitative estimate of drug-likeness (QED) is 0.552. The first-order valence-electron chi connectivity index (χ1n) is 10.9. The number of hydrogen-bond acceptors (Lipinski definition) is 6. The van der Waals surface area contributed by atoms with Crippen molar-refractivity contribution in [3.05, 3.63) is 65.4 Å². The summed E-state index contributed by atoms with van der Waals surface area (Å²) in [5.74, 6) is 1.48. The number of aryl methyl sites for hydroxylation is 3. The molecule has 2 aromatic carbocycles. The highest BCUT2D eigenvalue weighted by molar-refractivity contribution is 7.92. The third kappa shape index (κ3) is 5.19. The molecule has 7 nitrogen and oxygen atoms in total. The van der Waals surface area contributed by atoms with E-state index in [1.54, 1.807) is 24.3 Å². The second kappa shape index (κ2) is 9.16. The molecule has 32 heavy (non-hydrogen) atoms. The van der Waals surface area contributed by atoms with Crippen molar-refractivity contribution in [2.75, 3.05) is 28.0 Å². The molecule has 0 atom stereocenters. The highest BCUT2D eigenvalue weighted by atomic mass is 32.2. The van der Waals surface area contributed by atoms with Gasteiger partial charge in [-0.3, -0.25) is 4.72 Å². The fourth-order valence-corrected chi connectivity index (χ4v) is 4.88. The molecule has 168 valence electrons. The summed E-state index contributed by atoms with van der Waals surface area (Å²) >= 11 is 0. The minimum absolute atomic E-state index is 0.251. The van der Waals surface area contributed by atoms with Crippen LogP contribution in [-0.2, 0) is 10.0 Å². The fraction of sp³-hybridized carbons (Fsp3) is 0.333. The number of nitrogens with one attached hydrogen (secondary N) is 2. The van der Waals surface area contributed by atoms with Gasteiger partial charge >= 0.3 is 0 Å². The van der Waals surface area contributed by atoms with Gasteiger partial charge in [0.2, 0.25) is 5.95 Å². The topological polar surface area (TPSA) is 87.2 Å². The zero-order chi connectivity index (χ0) is 22.7. The summed E-state index contributed by atoms with van der Waals surface area (Å²) in [6, 6.07) is 14.2. The summed E-state index contributed by atoms with van der Waals surface area (Å²) in [6.07, 6.45) is 3.64. The average Bonchev–Trinajstić information content (AvgIpc) is 2.77. The molecule has 0 unspecified atom stereocenters. The van der Waals surface area contributed by atoms with E-state index >= 15 is 0 Å². The van der Waals surface area contributed by atoms with Crippen molar-refractivity contribution in [3.63, 3.8) is 0 Å². The molecule has 8 heteroatoms. The van der Waals surface area contributed by atoms with Crippen LogP contribution in [0.5, 0.6) is 0 Å². The molecule has 2 heterocycles. The Hall–Kier alpha value is -3.13. The number of aromatic nitrogens is 2. The van der Waals surface area contributed by atoms with Crippen molar-refractivity contribution >= 4 is 33.2 Å². The fourth-order valence-electron chi connectivity index (χ4n) is 3.74. The van der Waals surface area contributed by atoms with Gasteiger partial charge in [-0.2, -0.15) is 4.98 Å². The monoisotopic (exact) mass is 451 g/mol. The van der Waals surface area contributed by atoms with E-state index in [4.69, 9.17) is 0 Å². The maximum Gasteiger partial charge on any atom is 0.261 e. The van der Waals surface area contributed by atoms with Crippen LogP contribution in [-0.4, -0.2) is 31.5 Å².